The minimum atomic E-state index is -0.478. The van der Waals surface area contributed by atoms with E-state index in [0.29, 0.717) is 12.5 Å². The lowest BCUT2D eigenvalue weighted by atomic mass is 9.74. The number of carbonyl (C=O) groups excluding carboxylic acids is 1. The van der Waals surface area contributed by atoms with E-state index in [2.05, 4.69) is 24.5 Å². The van der Waals surface area contributed by atoms with Crippen LogP contribution in [0.4, 0.5) is 4.79 Å². The molecule has 136 valence electrons. The van der Waals surface area contributed by atoms with E-state index in [1.807, 2.05) is 20.8 Å². The van der Waals surface area contributed by atoms with Crippen molar-refractivity contribution in [1.29, 1.82) is 0 Å². The maximum atomic E-state index is 11.8. The molecule has 0 heterocycles. The lowest BCUT2D eigenvalue weighted by molar-refractivity contribution is 0.0510. The van der Waals surface area contributed by atoms with E-state index >= 15 is 0 Å². The first-order valence-corrected chi connectivity index (χ1v) is 8.98. The molecule has 23 heavy (non-hydrogen) atoms. The third-order valence-electron chi connectivity index (χ3n) is 4.66. The monoisotopic (exact) mass is 328 g/mol. The predicted octanol–water partition coefficient (Wildman–Crippen LogP) is 3.07. The number of ether oxygens (including phenoxy) is 1. The smallest absolute Gasteiger partial charge is 0.407 e. The Balaban J connectivity index is 2.47. The summed E-state index contributed by atoms with van der Waals surface area (Å²) >= 11 is 0. The van der Waals surface area contributed by atoms with E-state index in [9.17, 15) is 9.90 Å². The number of aliphatic hydroxyl groups excluding tert-OH is 1. The molecule has 0 bridgehead atoms. The molecule has 0 saturated heterocycles. The molecular weight excluding hydrogens is 292 g/mol. The quantitative estimate of drug-likeness (QED) is 0.672. The molecule has 1 rings (SSSR count). The van der Waals surface area contributed by atoms with Crippen LogP contribution in [0.15, 0.2) is 0 Å². The molecule has 0 aliphatic heterocycles. The normalized spacial score (nSPS) is 19.4. The number of amides is 1. The molecule has 0 spiro atoms. The van der Waals surface area contributed by atoms with Crippen molar-refractivity contribution in [2.45, 2.75) is 78.4 Å². The Bertz CT molecular complexity index is 358. The summed E-state index contributed by atoms with van der Waals surface area (Å²) in [6.07, 6.45) is 5.46. The molecule has 1 aliphatic rings. The van der Waals surface area contributed by atoms with Gasteiger partial charge in [-0.1, -0.05) is 33.1 Å². The van der Waals surface area contributed by atoms with Crippen molar-refractivity contribution in [3.05, 3.63) is 0 Å². The van der Waals surface area contributed by atoms with Crippen LogP contribution >= 0.6 is 0 Å². The van der Waals surface area contributed by atoms with E-state index in [4.69, 9.17) is 4.74 Å². The molecule has 1 aliphatic carbocycles. The number of carbonyl (C=O) groups is 1. The first-order valence-electron chi connectivity index (χ1n) is 8.98. The third-order valence-corrected chi connectivity index (χ3v) is 4.66. The summed E-state index contributed by atoms with van der Waals surface area (Å²) in [7, 11) is 0. The van der Waals surface area contributed by atoms with Crippen molar-refractivity contribution in [1.82, 2.24) is 10.6 Å². The van der Waals surface area contributed by atoms with Crippen LogP contribution in [-0.2, 0) is 4.74 Å². The summed E-state index contributed by atoms with van der Waals surface area (Å²) in [5.41, 5.74) is -0.467. The number of hydrogen-bond donors (Lipinski definition) is 3. The predicted molar refractivity (Wildman–Crippen MR) is 93.5 cm³/mol. The van der Waals surface area contributed by atoms with Gasteiger partial charge in [-0.2, -0.15) is 0 Å². The molecule has 5 heteroatoms. The standard InChI is InChI=1S/C18H36N2O3/c1-14(2)15(11-19-16(22)23-17(3,4)5)20-12-18(13-21)9-7-6-8-10-18/h14-15,20-21H,6-13H2,1-5H3,(H,19,22). The number of aliphatic hydroxyl groups is 1. The van der Waals surface area contributed by atoms with Crippen molar-refractivity contribution in [3.8, 4) is 0 Å². The zero-order chi connectivity index (χ0) is 17.5. The highest BCUT2D eigenvalue weighted by molar-refractivity contribution is 5.67. The Kier molecular flexibility index (Phi) is 7.81. The van der Waals surface area contributed by atoms with Gasteiger partial charge in [0.2, 0.25) is 0 Å². The van der Waals surface area contributed by atoms with Gasteiger partial charge < -0.3 is 20.5 Å². The summed E-state index contributed by atoms with van der Waals surface area (Å²) in [5, 5.41) is 16.2. The summed E-state index contributed by atoms with van der Waals surface area (Å²) in [4.78, 5) is 11.8. The highest BCUT2D eigenvalue weighted by Gasteiger charge is 2.32. The van der Waals surface area contributed by atoms with Crippen LogP contribution in [0, 0.1) is 11.3 Å². The molecule has 3 N–H and O–H groups in total. The third kappa shape index (κ3) is 7.53. The van der Waals surface area contributed by atoms with Crippen LogP contribution in [0.5, 0.6) is 0 Å². The molecule has 0 radical (unpaired) electrons. The molecule has 0 aromatic carbocycles. The minimum absolute atomic E-state index is 0.0112. The maximum absolute atomic E-state index is 11.8. The van der Waals surface area contributed by atoms with E-state index < -0.39 is 5.60 Å². The maximum Gasteiger partial charge on any atom is 0.407 e. The first-order chi connectivity index (χ1) is 10.7. The van der Waals surface area contributed by atoms with Crippen molar-refractivity contribution in [3.63, 3.8) is 0 Å². The Morgan fingerprint density at radius 2 is 1.83 bits per heavy atom. The van der Waals surface area contributed by atoms with Crippen molar-refractivity contribution in [2.24, 2.45) is 11.3 Å². The molecule has 1 fully saturated rings. The van der Waals surface area contributed by atoms with Crippen molar-refractivity contribution >= 4 is 6.09 Å². The fourth-order valence-corrected chi connectivity index (χ4v) is 3.09. The average molecular weight is 328 g/mol. The second-order valence-electron chi connectivity index (χ2n) is 8.33. The largest absolute Gasteiger partial charge is 0.444 e. The molecule has 1 saturated carbocycles. The van der Waals surface area contributed by atoms with Gasteiger partial charge in [0, 0.05) is 31.2 Å². The number of alkyl carbamates (subject to hydrolysis) is 1. The number of rotatable bonds is 7. The van der Waals surface area contributed by atoms with Crippen LogP contribution in [0.2, 0.25) is 0 Å². The van der Waals surface area contributed by atoms with Crippen LogP contribution < -0.4 is 10.6 Å². The second kappa shape index (κ2) is 8.88. The fourth-order valence-electron chi connectivity index (χ4n) is 3.09. The van der Waals surface area contributed by atoms with Crippen LogP contribution in [0.3, 0.4) is 0 Å². The topological polar surface area (TPSA) is 70.6 Å². The minimum Gasteiger partial charge on any atom is -0.444 e. The van der Waals surface area contributed by atoms with Crippen molar-refractivity contribution in [2.75, 3.05) is 19.7 Å². The van der Waals surface area contributed by atoms with Gasteiger partial charge in [-0.25, -0.2) is 4.79 Å². The molecule has 1 amide bonds. The van der Waals surface area contributed by atoms with Gasteiger partial charge in [-0.15, -0.1) is 0 Å². The molecule has 1 unspecified atom stereocenters. The molecule has 5 nitrogen and oxygen atoms in total. The van der Waals surface area contributed by atoms with Gasteiger partial charge >= 0.3 is 6.09 Å². The van der Waals surface area contributed by atoms with Crippen LogP contribution in [0.1, 0.15) is 66.7 Å². The lowest BCUT2D eigenvalue weighted by Crippen LogP contribution is -2.50. The highest BCUT2D eigenvalue weighted by atomic mass is 16.6. The zero-order valence-corrected chi connectivity index (χ0v) is 15.6. The molecule has 1 atom stereocenters. The Morgan fingerprint density at radius 1 is 1.22 bits per heavy atom. The van der Waals surface area contributed by atoms with Gasteiger partial charge in [0.05, 0.1) is 0 Å². The number of hydrogen-bond acceptors (Lipinski definition) is 4. The van der Waals surface area contributed by atoms with Gasteiger partial charge in [0.25, 0.3) is 0 Å². The van der Waals surface area contributed by atoms with Gasteiger partial charge in [-0.05, 0) is 39.5 Å². The lowest BCUT2D eigenvalue weighted by Gasteiger charge is -2.37. The van der Waals surface area contributed by atoms with E-state index in [0.717, 1.165) is 19.4 Å². The molecule has 0 aromatic rings. The Morgan fingerprint density at radius 3 is 2.30 bits per heavy atom. The Labute approximate surface area is 141 Å². The summed E-state index contributed by atoms with van der Waals surface area (Å²) in [6, 6.07) is 0.174. The van der Waals surface area contributed by atoms with E-state index in [1.165, 1.54) is 19.3 Å². The van der Waals surface area contributed by atoms with E-state index in [-0.39, 0.29) is 24.2 Å². The number of nitrogens with one attached hydrogen (secondary N) is 2. The van der Waals surface area contributed by atoms with Crippen LogP contribution in [0.25, 0.3) is 0 Å². The van der Waals surface area contributed by atoms with Crippen molar-refractivity contribution < 1.29 is 14.6 Å². The summed E-state index contributed by atoms with van der Waals surface area (Å²) in [5.74, 6) is 0.393. The molecular formula is C18H36N2O3. The van der Waals surface area contributed by atoms with E-state index in [1.54, 1.807) is 0 Å². The SMILES string of the molecule is CC(C)C(CNC(=O)OC(C)(C)C)NCC1(CO)CCCCC1. The van der Waals surface area contributed by atoms with Crippen LogP contribution in [-0.4, -0.2) is 42.5 Å². The van der Waals surface area contributed by atoms with Gasteiger partial charge in [0.15, 0.2) is 0 Å². The average Bonchev–Trinajstić information content (AvgIpc) is 2.46. The zero-order valence-electron chi connectivity index (χ0n) is 15.6. The summed E-state index contributed by atoms with van der Waals surface area (Å²) < 4.78 is 5.29. The molecule has 0 aromatic heterocycles. The first kappa shape index (κ1) is 20.2. The summed E-state index contributed by atoms with van der Waals surface area (Å²) in [6.45, 7) is 11.4. The van der Waals surface area contributed by atoms with Gasteiger partial charge in [-0.3, -0.25) is 0 Å². The highest BCUT2D eigenvalue weighted by Crippen LogP contribution is 2.35. The van der Waals surface area contributed by atoms with Gasteiger partial charge in [0.1, 0.15) is 5.60 Å². The fraction of sp³-hybridized carbons (Fsp3) is 0.944. The second-order valence-corrected chi connectivity index (χ2v) is 8.33. The Hall–Kier alpha value is -0.810.